The third-order valence-electron chi connectivity index (χ3n) is 6.61. The standard InChI is InChI=1S/C22H22N2O8/c1-7-8-5-4-6-9(25)11(8)16(26)12-10(7)17(27)14-15(24(2)3)18(28)13(21(23)31)20(30)22(14,32)19(12)29/h4-6,10,14-15,17,25-27,30,32H,1H2,2-3H3,(H2,23,31)/t10?,14?,15-,17-,22-/m0/s1. The number of benzene rings is 1. The highest BCUT2D eigenvalue weighted by Crippen LogP contribution is 2.55. The molecule has 1 fully saturated rings. The fraction of sp³-hybridized carbons (Fsp3) is 0.318. The Labute approximate surface area is 182 Å². The van der Waals surface area contributed by atoms with E-state index in [0.717, 1.165) is 0 Å². The molecule has 1 saturated carbocycles. The Morgan fingerprint density at radius 1 is 1.19 bits per heavy atom. The molecule has 10 nitrogen and oxygen atoms in total. The summed E-state index contributed by atoms with van der Waals surface area (Å²) in [5.41, 5.74) is 1.16. The molecule has 168 valence electrons. The van der Waals surface area contributed by atoms with Crippen molar-refractivity contribution in [2.45, 2.75) is 17.7 Å². The van der Waals surface area contributed by atoms with Gasteiger partial charge in [0.25, 0.3) is 5.91 Å². The summed E-state index contributed by atoms with van der Waals surface area (Å²) in [6.45, 7) is 3.91. The van der Waals surface area contributed by atoms with E-state index < -0.39 is 69.7 Å². The van der Waals surface area contributed by atoms with Gasteiger partial charge in [0.15, 0.2) is 11.4 Å². The first kappa shape index (κ1) is 21.8. The zero-order valence-electron chi connectivity index (χ0n) is 17.2. The van der Waals surface area contributed by atoms with Crippen molar-refractivity contribution in [1.29, 1.82) is 0 Å². The number of ketones is 2. The number of nitrogens with zero attached hydrogens (tertiary/aromatic N) is 1. The van der Waals surface area contributed by atoms with Crippen LogP contribution in [-0.2, 0) is 14.4 Å². The van der Waals surface area contributed by atoms with Gasteiger partial charge < -0.3 is 31.3 Å². The van der Waals surface area contributed by atoms with Crippen LogP contribution >= 0.6 is 0 Å². The van der Waals surface area contributed by atoms with Gasteiger partial charge in [-0.2, -0.15) is 0 Å². The van der Waals surface area contributed by atoms with Crippen LogP contribution in [0, 0.1) is 11.8 Å². The van der Waals surface area contributed by atoms with Gasteiger partial charge in [0.05, 0.1) is 29.2 Å². The number of phenolic OH excluding ortho intramolecular Hbond substituents is 1. The van der Waals surface area contributed by atoms with Crippen molar-refractivity contribution >= 4 is 28.8 Å². The largest absolute Gasteiger partial charge is 0.508 e. The molecule has 0 radical (unpaired) electrons. The molecule has 0 saturated heterocycles. The molecule has 1 aromatic carbocycles. The average Bonchev–Trinajstić information content (AvgIpc) is 2.70. The van der Waals surface area contributed by atoms with Crippen molar-refractivity contribution in [2.24, 2.45) is 17.6 Å². The van der Waals surface area contributed by atoms with Gasteiger partial charge in [0.1, 0.15) is 22.8 Å². The summed E-state index contributed by atoms with van der Waals surface area (Å²) in [5, 5.41) is 54.7. The number of amides is 1. The van der Waals surface area contributed by atoms with Gasteiger partial charge in [-0.1, -0.05) is 18.7 Å². The predicted molar refractivity (Wildman–Crippen MR) is 111 cm³/mol. The van der Waals surface area contributed by atoms with E-state index in [-0.39, 0.29) is 22.4 Å². The molecular weight excluding hydrogens is 420 g/mol. The summed E-state index contributed by atoms with van der Waals surface area (Å²) in [7, 11) is 2.88. The first-order valence-corrected chi connectivity index (χ1v) is 9.71. The van der Waals surface area contributed by atoms with E-state index in [1.807, 2.05) is 0 Å². The fourth-order valence-corrected chi connectivity index (χ4v) is 5.21. The van der Waals surface area contributed by atoms with E-state index in [1.54, 1.807) is 0 Å². The van der Waals surface area contributed by atoms with E-state index in [1.165, 1.54) is 37.2 Å². The second-order valence-electron chi connectivity index (χ2n) is 8.44. The van der Waals surface area contributed by atoms with Crippen LogP contribution in [0.2, 0.25) is 0 Å². The van der Waals surface area contributed by atoms with Crippen LogP contribution in [0.1, 0.15) is 11.1 Å². The number of primary amides is 1. The van der Waals surface area contributed by atoms with Crippen LogP contribution in [-0.4, -0.2) is 79.7 Å². The monoisotopic (exact) mass is 442 g/mol. The molecule has 0 aromatic heterocycles. The molecule has 0 aliphatic heterocycles. The highest BCUT2D eigenvalue weighted by atomic mass is 16.4. The number of carbonyl (C=O) groups excluding carboxylic acids is 3. The van der Waals surface area contributed by atoms with Crippen LogP contribution in [0.3, 0.4) is 0 Å². The molecule has 3 aliphatic rings. The van der Waals surface area contributed by atoms with Gasteiger partial charge in [0.2, 0.25) is 5.78 Å². The number of aliphatic hydroxyl groups excluding tert-OH is 3. The number of likely N-dealkylation sites (N-methyl/N-ethyl adjacent to an activating group) is 1. The SMILES string of the molecule is C=C1c2cccc(O)c2C(O)=C2C(=O)[C@]3(O)C(O)=C(C(N)=O)C(=O)[C@@H](N(C)C)C3[C@@H](O)C12. The Kier molecular flexibility index (Phi) is 4.60. The maximum Gasteiger partial charge on any atom is 0.255 e. The molecule has 7 N–H and O–H groups in total. The molecule has 1 amide bonds. The second-order valence-corrected chi connectivity index (χ2v) is 8.44. The number of phenols is 1. The average molecular weight is 442 g/mol. The highest BCUT2D eigenvalue weighted by molar-refractivity contribution is 6.25. The topological polar surface area (TPSA) is 182 Å². The summed E-state index contributed by atoms with van der Waals surface area (Å²) >= 11 is 0. The minimum atomic E-state index is -2.94. The maximum absolute atomic E-state index is 13.6. The normalized spacial score (nSPS) is 32.1. The van der Waals surface area contributed by atoms with Crippen molar-refractivity contribution in [2.75, 3.05) is 14.1 Å². The quantitative estimate of drug-likeness (QED) is 0.326. The van der Waals surface area contributed by atoms with Gasteiger partial charge in [-0.3, -0.25) is 19.3 Å². The number of Topliss-reactive ketones (excluding diaryl/α,β-unsaturated/α-hetero) is 2. The molecule has 0 heterocycles. The zero-order chi connectivity index (χ0) is 23.9. The van der Waals surface area contributed by atoms with Gasteiger partial charge in [-0.15, -0.1) is 0 Å². The Hall–Kier alpha value is -3.47. The van der Waals surface area contributed by atoms with Crippen LogP contribution in [0.15, 0.2) is 41.7 Å². The second kappa shape index (κ2) is 6.76. The molecule has 5 atom stereocenters. The van der Waals surface area contributed by atoms with Gasteiger partial charge >= 0.3 is 0 Å². The summed E-state index contributed by atoms with van der Waals surface area (Å²) < 4.78 is 0. The minimum absolute atomic E-state index is 0.124. The third kappa shape index (κ3) is 2.42. The van der Waals surface area contributed by atoms with Crippen LogP contribution in [0.4, 0.5) is 0 Å². The first-order valence-electron chi connectivity index (χ1n) is 9.71. The molecular formula is C22H22N2O8. The number of hydrogen-bond donors (Lipinski definition) is 6. The van der Waals surface area contributed by atoms with Crippen LogP contribution < -0.4 is 5.73 Å². The van der Waals surface area contributed by atoms with E-state index in [4.69, 9.17) is 5.73 Å². The molecule has 10 heteroatoms. The fourth-order valence-electron chi connectivity index (χ4n) is 5.21. The van der Waals surface area contributed by atoms with E-state index in [2.05, 4.69) is 6.58 Å². The van der Waals surface area contributed by atoms with Crippen molar-refractivity contribution in [3.63, 3.8) is 0 Å². The van der Waals surface area contributed by atoms with Gasteiger partial charge in [-0.05, 0) is 31.3 Å². The summed E-state index contributed by atoms with van der Waals surface area (Å²) in [5.74, 6) is -8.78. The Bertz CT molecular complexity index is 1180. The lowest BCUT2D eigenvalue weighted by molar-refractivity contribution is -0.166. The van der Waals surface area contributed by atoms with Crippen molar-refractivity contribution in [3.8, 4) is 5.75 Å². The Morgan fingerprint density at radius 3 is 2.38 bits per heavy atom. The predicted octanol–water partition coefficient (Wildman–Crippen LogP) is -0.594. The molecule has 0 spiro atoms. The molecule has 32 heavy (non-hydrogen) atoms. The summed E-state index contributed by atoms with van der Waals surface area (Å²) in [4.78, 5) is 39.8. The number of fused-ring (bicyclic) bond motifs is 3. The Balaban J connectivity index is 2.08. The molecule has 1 aromatic rings. The lowest BCUT2D eigenvalue weighted by atomic mass is 9.55. The van der Waals surface area contributed by atoms with Crippen LogP contribution in [0.25, 0.3) is 11.3 Å². The third-order valence-corrected chi connectivity index (χ3v) is 6.61. The summed E-state index contributed by atoms with van der Waals surface area (Å²) in [6.07, 6.45) is -1.69. The highest BCUT2D eigenvalue weighted by Gasteiger charge is 2.68. The lowest BCUT2D eigenvalue weighted by Gasteiger charge is -2.52. The Morgan fingerprint density at radius 2 is 1.81 bits per heavy atom. The maximum atomic E-state index is 13.6. The summed E-state index contributed by atoms with van der Waals surface area (Å²) in [6, 6.07) is 2.89. The lowest BCUT2D eigenvalue weighted by Crippen LogP contribution is -2.70. The van der Waals surface area contributed by atoms with Gasteiger partial charge in [-0.25, -0.2) is 0 Å². The number of hydrogen-bond acceptors (Lipinski definition) is 9. The molecule has 0 bridgehead atoms. The van der Waals surface area contributed by atoms with E-state index in [0.29, 0.717) is 0 Å². The minimum Gasteiger partial charge on any atom is -0.508 e. The number of rotatable bonds is 2. The zero-order valence-corrected chi connectivity index (χ0v) is 17.2. The number of aliphatic hydroxyl groups is 4. The van der Waals surface area contributed by atoms with Crippen molar-refractivity contribution < 1.29 is 39.9 Å². The van der Waals surface area contributed by atoms with Crippen molar-refractivity contribution in [1.82, 2.24) is 4.90 Å². The number of aromatic hydroxyl groups is 1. The molecule has 3 aliphatic carbocycles. The van der Waals surface area contributed by atoms with Crippen LogP contribution in [0.5, 0.6) is 5.75 Å². The number of carbonyl (C=O) groups is 3. The smallest absolute Gasteiger partial charge is 0.255 e. The molecule has 2 unspecified atom stereocenters. The first-order chi connectivity index (χ1) is 14.9. The number of nitrogens with two attached hydrogens (primary N) is 1. The van der Waals surface area contributed by atoms with E-state index in [9.17, 15) is 39.9 Å². The van der Waals surface area contributed by atoms with Gasteiger partial charge in [0, 0.05) is 5.92 Å². The molecule has 4 rings (SSSR count). The van der Waals surface area contributed by atoms with E-state index >= 15 is 0 Å². The van der Waals surface area contributed by atoms with Crippen molar-refractivity contribution in [3.05, 3.63) is 52.8 Å².